The Balaban J connectivity index is 2.47. The predicted molar refractivity (Wildman–Crippen MR) is 76.8 cm³/mol. The molecule has 6 nitrogen and oxygen atoms in total. The Labute approximate surface area is 121 Å². The lowest BCUT2D eigenvalue weighted by molar-refractivity contribution is 0.152. The van der Waals surface area contributed by atoms with Crippen LogP contribution in [0.5, 0.6) is 0 Å². The van der Waals surface area contributed by atoms with Crippen LogP contribution in [0.3, 0.4) is 0 Å². The second-order valence-corrected chi connectivity index (χ2v) is 4.57. The maximum Gasteiger partial charge on any atom is 0.331 e. The summed E-state index contributed by atoms with van der Waals surface area (Å²) in [6.45, 7) is 1.90. The fourth-order valence-electron chi connectivity index (χ4n) is 2.07. The van der Waals surface area contributed by atoms with E-state index in [0.717, 1.165) is 4.57 Å². The minimum atomic E-state index is -0.990. The van der Waals surface area contributed by atoms with E-state index in [1.807, 2.05) is 6.07 Å². The van der Waals surface area contributed by atoms with Crippen LogP contribution in [0.1, 0.15) is 24.2 Å². The molecule has 1 atom stereocenters. The van der Waals surface area contributed by atoms with Crippen LogP contribution in [0.2, 0.25) is 0 Å². The van der Waals surface area contributed by atoms with Crippen LogP contribution >= 0.6 is 0 Å². The smallest absolute Gasteiger partial charge is 0.331 e. The van der Waals surface area contributed by atoms with Crippen molar-refractivity contribution in [2.75, 3.05) is 0 Å². The normalized spacial score (nSPS) is 11.9. The van der Waals surface area contributed by atoms with Crippen LogP contribution in [0.15, 0.2) is 46.1 Å². The van der Waals surface area contributed by atoms with Gasteiger partial charge >= 0.3 is 5.69 Å². The van der Waals surface area contributed by atoms with Crippen molar-refractivity contribution in [3.63, 3.8) is 0 Å². The van der Waals surface area contributed by atoms with Gasteiger partial charge in [0.1, 0.15) is 11.6 Å². The highest BCUT2D eigenvalue weighted by Gasteiger charge is 2.15. The van der Waals surface area contributed by atoms with Crippen molar-refractivity contribution in [1.29, 1.82) is 5.26 Å². The van der Waals surface area contributed by atoms with Crippen molar-refractivity contribution >= 4 is 0 Å². The minimum absolute atomic E-state index is 0.114. The highest BCUT2D eigenvalue weighted by Crippen LogP contribution is 2.12. The molecule has 0 unspecified atom stereocenters. The molecule has 0 saturated heterocycles. The summed E-state index contributed by atoms with van der Waals surface area (Å²) in [5.74, 6) is 0. The highest BCUT2D eigenvalue weighted by molar-refractivity contribution is 5.23. The van der Waals surface area contributed by atoms with Crippen molar-refractivity contribution in [3.8, 4) is 6.07 Å². The van der Waals surface area contributed by atoms with E-state index in [-0.39, 0.29) is 12.1 Å². The maximum atomic E-state index is 12.2. The Morgan fingerprint density at radius 3 is 2.52 bits per heavy atom. The van der Waals surface area contributed by atoms with Crippen LogP contribution in [-0.4, -0.2) is 14.2 Å². The van der Waals surface area contributed by atoms with Crippen molar-refractivity contribution in [3.05, 3.63) is 68.5 Å². The molecule has 1 N–H and O–H groups in total. The van der Waals surface area contributed by atoms with E-state index in [9.17, 15) is 14.7 Å². The van der Waals surface area contributed by atoms with Crippen molar-refractivity contribution in [2.24, 2.45) is 0 Å². The number of nitrogens with zero attached hydrogens (tertiary/aromatic N) is 3. The molecule has 108 valence electrons. The predicted octanol–water partition coefficient (Wildman–Crippen LogP) is 0.635. The lowest BCUT2D eigenvalue weighted by Crippen LogP contribution is -2.41. The summed E-state index contributed by atoms with van der Waals surface area (Å²) in [5, 5.41) is 19.1. The summed E-state index contributed by atoms with van der Waals surface area (Å²) >= 11 is 0. The molecular formula is C15H15N3O3. The average molecular weight is 285 g/mol. The lowest BCUT2D eigenvalue weighted by Gasteiger charge is -2.14. The van der Waals surface area contributed by atoms with Gasteiger partial charge in [0.05, 0.1) is 12.6 Å². The first-order valence-corrected chi connectivity index (χ1v) is 6.55. The van der Waals surface area contributed by atoms with Crippen LogP contribution in [-0.2, 0) is 13.1 Å². The van der Waals surface area contributed by atoms with E-state index in [0.29, 0.717) is 12.1 Å². The van der Waals surface area contributed by atoms with Crippen LogP contribution in [0, 0.1) is 11.3 Å². The molecule has 0 aliphatic rings. The molecule has 0 radical (unpaired) electrons. The van der Waals surface area contributed by atoms with Crippen molar-refractivity contribution in [1.82, 2.24) is 9.13 Å². The van der Waals surface area contributed by atoms with Gasteiger partial charge in [-0.1, -0.05) is 30.3 Å². The van der Waals surface area contributed by atoms with Crippen molar-refractivity contribution < 1.29 is 5.11 Å². The van der Waals surface area contributed by atoms with Gasteiger partial charge in [-0.15, -0.1) is 0 Å². The standard InChI is InChI=1S/C15H15N3O3/c1-2-17-9-12(8-16)14(20)18(15(17)21)10-13(19)11-6-4-3-5-7-11/h3-7,9,13,19H,2,10H2,1H3/t13-/m0/s1. The number of benzene rings is 1. The monoisotopic (exact) mass is 285 g/mol. The Morgan fingerprint density at radius 1 is 1.29 bits per heavy atom. The third kappa shape index (κ3) is 2.93. The molecule has 0 spiro atoms. The SMILES string of the molecule is CCn1cc(C#N)c(=O)n(C[C@H](O)c2ccccc2)c1=O. The Hall–Kier alpha value is -2.65. The summed E-state index contributed by atoms with van der Waals surface area (Å²) < 4.78 is 2.18. The zero-order valence-corrected chi connectivity index (χ0v) is 11.6. The molecule has 2 aromatic rings. The molecule has 1 heterocycles. The number of aliphatic hydroxyl groups excluding tert-OH is 1. The average Bonchev–Trinajstić information content (AvgIpc) is 2.52. The van der Waals surface area contributed by atoms with Gasteiger partial charge in [0, 0.05) is 12.7 Å². The molecule has 0 bridgehead atoms. The Bertz CT molecular complexity index is 785. The second kappa shape index (κ2) is 6.20. The van der Waals surface area contributed by atoms with Gasteiger partial charge in [0.15, 0.2) is 0 Å². The van der Waals surface area contributed by atoms with Gasteiger partial charge < -0.3 is 5.11 Å². The molecule has 2 rings (SSSR count). The molecule has 0 aliphatic carbocycles. The number of aryl methyl sites for hydroxylation is 1. The molecule has 0 aliphatic heterocycles. The van der Waals surface area contributed by atoms with Gasteiger partial charge in [-0.2, -0.15) is 5.26 Å². The van der Waals surface area contributed by atoms with Gasteiger partial charge in [-0.3, -0.25) is 13.9 Å². The molecule has 1 aromatic carbocycles. The van der Waals surface area contributed by atoms with E-state index in [4.69, 9.17) is 5.26 Å². The van der Waals surface area contributed by atoms with Crippen molar-refractivity contribution in [2.45, 2.75) is 26.1 Å². The summed E-state index contributed by atoms with van der Waals surface area (Å²) in [5.41, 5.74) is -0.718. The van der Waals surface area contributed by atoms with Crippen LogP contribution in [0.25, 0.3) is 0 Å². The fraction of sp³-hybridized carbons (Fsp3) is 0.267. The van der Waals surface area contributed by atoms with Gasteiger partial charge in [0.25, 0.3) is 5.56 Å². The second-order valence-electron chi connectivity index (χ2n) is 4.57. The van der Waals surface area contributed by atoms with Crippen LogP contribution in [0.4, 0.5) is 0 Å². The highest BCUT2D eigenvalue weighted by atomic mass is 16.3. The molecular weight excluding hydrogens is 270 g/mol. The Kier molecular flexibility index (Phi) is 4.36. The molecule has 6 heteroatoms. The number of aliphatic hydroxyl groups is 1. The Morgan fingerprint density at radius 2 is 1.95 bits per heavy atom. The largest absolute Gasteiger partial charge is 0.387 e. The first-order valence-electron chi connectivity index (χ1n) is 6.55. The molecule has 0 fully saturated rings. The topological polar surface area (TPSA) is 88.0 Å². The van der Waals surface area contributed by atoms with E-state index in [2.05, 4.69) is 0 Å². The summed E-state index contributed by atoms with van der Waals surface area (Å²) in [6.07, 6.45) is 0.256. The molecule has 1 aromatic heterocycles. The number of rotatable bonds is 4. The maximum absolute atomic E-state index is 12.2. The van der Waals surface area contributed by atoms with Gasteiger partial charge in [-0.25, -0.2) is 4.79 Å². The lowest BCUT2D eigenvalue weighted by atomic mass is 10.1. The van der Waals surface area contributed by atoms with E-state index in [1.165, 1.54) is 10.8 Å². The molecule has 0 amide bonds. The number of hydrogen-bond donors (Lipinski definition) is 1. The third-order valence-corrected chi connectivity index (χ3v) is 3.24. The summed E-state index contributed by atoms with van der Waals surface area (Å²) in [7, 11) is 0. The summed E-state index contributed by atoms with van der Waals surface area (Å²) in [6, 6.07) is 10.5. The number of aromatic nitrogens is 2. The first-order chi connectivity index (χ1) is 10.1. The van der Waals surface area contributed by atoms with Crippen LogP contribution < -0.4 is 11.2 Å². The number of nitriles is 1. The van der Waals surface area contributed by atoms with E-state index >= 15 is 0 Å². The molecule has 0 saturated carbocycles. The fourth-order valence-corrected chi connectivity index (χ4v) is 2.07. The molecule has 21 heavy (non-hydrogen) atoms. The quantitative estimate of drug-likeness (QED) is 0.892. The zero-order valence-electron chi connectivity index (χ0n) is 11.6. The van der Waals surface area contributed by atoms with Gasteiger partial charge in [-0.05, 0) is 12.5 Å². The first kappa shape index (κ1) is 14.8. The minimum Gasteiger partial charge on any atom is -0.387 e. The van der Waals surface area contributed by atoms with E-state index < -0.39 is 17.4 Å². The summed E-state index contributed by atoms with van der Waals surface area (Å²) in [4.78, 5) is 24.2. The zero-order chi connectivity index (χ0) is 15.4. The number of hydrogen-bond acceptors (Lipinski definition) is 4. The van der Waals surface area contributed by atoms with E-state index in [1.54, 1.807) is 37.3 Å². The third-order valence-electron chi connectivity index (χ3n) is 3.24. The van der Waals surface area contributed by atoms with Gasteiger partial charge in [0.2, 0.25) is 0 Å².